The zero-order valence-corrected chi connectivity index (χ0v) is 10.4. The molecular weight excluding hydrogens is 228 g/mol. The quantitative estimate of drug-likeness (QED) is 0.460. The highest BCUT2D eigenvalue weighted by Crippen LogP contribution is 2.31. The Balaban J connectivity index is 2.25. The van der Waals surface area contributed by atoms with Gasteiger partial charge in [-0.25, -0.2) is 0 Å². The van der Waals surface area contributed by atoms with E-state index in [1.165, 1.54) is 10.9 Å². The van der Waals surface area contributed by atoms with Crippen molar-refractivity contribution in [1.82, 2.24) is 4.98 Å². The molecule has 4 nitrogen and oxygen atoms in total. The van der Waals surface area contributed by atoms with Gasteiger partial charge in [-0.15, -0.1) is 0 Å². The van der Waals surface area contributed by atoms with Crippen molar-refractivity contribution in [1.29, 1.82) is 0 Å². The SMILES string of the molecule is COc1ccc2[nH]c3c(c2c1)CCCC/C3=N\O. The van der Waals surface area contributed by atoms with Gasteiger partial charge in [0.15, 0.2) is 0 Å². The summed E-state index contributed by atoms with van der Waals surface area (Å²) in [5.74, 6) is 0.857. The van der Waals surface area contributed by atoms with Crippen molar-refractivity contribution in [2.75, 3.05) is 7.11 Å². The average molecular weight is 244 g/mol. The number of fused-ring (bicyclic) bond motifs is 3. The Morgan fingerprint density at radius 2 is 2.11 bits per heavy atom. The summed E-state index contributed by atoms with van der Waals surface area (Å²) < 4.78 is 5.27. The van der Waals surface area contributed by atoms with E-state index in [1.807, 2.05) is 18.2 Å². The molecule has 0 saturated heterocycles. The molecule has 2 aromatic rings. The van der Waals surface area contributed by atoms with Crippen molar-refractivity contribution in [3.05, 3.63) is 29.5 Å². The number of nitrogens with zero attached hydrogens (tertiary/aromatic N) is 1. The third kappa shape index (κ3) is 1.65. The Morgan fingerprint density at radius 1 is 1.28 bits per heavy atom. The van der Waals surface area contributed by atoms with Gasteiger partial charge in [-0.3, -0.25) is 0 Å². The van der Waals surface area contributed by atoms with Gasteiger partial charge in [0.1, 0.15) is 11.5 Å². The van der Waals surface area contributed by atoms with Gasteiger partial charge in [0.25, 0.3) is 0 Å². The molecule has 0 bridgehead atoms. The van der Waals surface area contributed by atoms with Gasteiger partial charge < -0.3 is 14.9 Å². The van der Waals surface area contributed by atoms with E-state index in [4.69, 9.17) is 9.94 Å². The van der Waals surface area contributed by atoms with Crippen molar-refractivity contribution in [3.8, 4) is 5.75 Å². The molecule has 1 aliphatic carbocycles. The summed E-state index contributed by atoms with van der Waals surface area (Å²) in [4.78, 5) is 3.36. The second-order valence-corrected chi connectivity index (χ2v) is 4.64. The first kappa shape index (κ1) is 11.1. The van der Waals surface area contributed by atoms with Gasteiger partial charge in [-0.05, 0) is 49.4 Å². The minimum atomic E-state index is 0.762. The van der Waals surface area contributed by atoms with Crippen molar-refractivity contribution in [3.63, 3.8) is 0 Å². The molecule has 0 unspecified atom stereocenters. The Labute approximate surface area is 105 Å². The van der Waals surface area contributed by atoms with Gasteiger partial charge in [0.2, 0.25) is 0 Å². The molecule has 3 rings (SSSR count). The van der Waals surface area contributed by atoms with Crippen molar-refractivity contribution in [2.24, 2.45) is 5.16 Å². The van der Waals surface area contributed by atoms with Crippen LogP contribution in [-0.2, 0) is 6.42 Å². The van der Waals surface area contributed by atoms with Gasteiger partial charge in [-0.1, -0.05) is 5.16 Å². The Kier molecular flexibility index (Phi) is 2.70. The van der Waals surface area contributed by atoms with Crippen LogP contribution in [0.1, 0.15) is 30.5 Å². The van der Waals surface area contributed by atoms with Gasteiger partial charge >= 0.3 is 0 Å². The molecule has 0 saturated carbocycles. The van der Waals surface area contributed by atoms with Crippen LogP contribution in [0.2, 0.25) is 0 Å². The lowest BCUT2D eigenvalue weighted by Crippen LogP contribution is -2.01. The molecule has 2 N–H and O–H groups in total. The van der Waals surface area contributed by atoms with E-state index in [-0.39, 0.29) is 0 Å². The number of ether oxygens (including phenoxy) is 1. The molecule has 1 heterocycles. The minimum Gasteiger partial charge on any atom is -0.497 e. The molecule has 94 valence electrons. The molecule has 0 amide bonds. The Bertz CT molecular complexity index is 614. The monoisotopic (exact) mass is 244 g/mol. The maximum Gasteiger partial charge on any atom is 0.119 e. The summed E-state index contributed by atoms with van der Waals surface area (Å²) >= 11 is 0. The van der Waals surface area contributed by atoms with Crippen LogP contribution in [0.15, 0.2) is 23.4 Å². The molecule has 4 heteroatoms. The van der Waals surface area contributed by atoms with Crippen molar-refractivity contribution in [2.45, 2.75) is 25.7 Å². The third-order valence-corrected chi connectivity index (χ3v) is 3.61. The van der Waals surface area contributed by atoms with Crippen LogP contribution < -0.4 is 4.74 Å². The average Bonchev–Trinajstić information content (AvgIpc) is 2.64. The topological polar surface area (TPSA) is 57.6 Å². The van der Waals surface area contributed by atoms with E-state index in [2.05, 4.69) is 10.1 Å². The number of aromatic nitrogens is 1. The number of hydrogen-bond acceptors (Lipinski definition) is 3. The van der Waals surface area contributed by atoms with Crippen molar-refractivity contribution >= 4 is 16.6 Å². The number of oxime groups is 1. The largest absolute Gasteiger partial charge is 0.497 e. The fourth-order valence-electron chi connectivity index (χ4n) is 2.68. The molecule has 0 spiro atoms. The number of benzene rings is 1. The molecule has 0 aliphatic heterocycles. The summed E-state index contributed by atoms with van der Waals surface area (Å²) in [5.41, 5.74) is 4.06. The summed E-state index contributed by atoms with van der Waals surface area (Å²) in [6, 6.07) is 6.00. The molecule has 0 fully saturated rings. The molecule has 1 aromatic heterocycles. The lowest BCUT2D eigenvalue weighted by molar-refractivity contribution is 0.318. The number of H-pyrrole nitrogens is 1. The molecule has 1 aliphatic rings. The van der Waals surface area contributed by atoms with Crippen LogP contribution in [0.4, 0.5) is 0 Å². The maximum atomic E-state index is 9.13. The van der Waals surface area contributed by atoms with Crippen LogP contribution in [0.5, 0.6) is 5.75 Å². The fraction of sp³-hybridized carbons (Fsp3) is 0.357. The number of aromatic amines is 1. The van der Waals surface area contributed by atoms with Crippen LogP contribution in [0, 0.1) is 0 Å². The van der Waals surface area contributed by atoms with Crippen LogP contribution in [-0.4, -0.2) is 23.0 Å². The zero-order chi connectivity index (χ0) is 12.5. The highest BCUT2D eigenvalue weighted by atomic mass is 16.5. The predicted octanol–water partition coefficient (Wildman–Crippen LogP) is 3.08. The maximum absolute atomic E-state index is 9.13. The Hall–Kier alpha value is -1.97. The summed E-state index contributed by atoms with van der Waals surface area (Å²) in [6.45, 7) is 0. The summed E-state index contributed by atoms with van der Waals surface area (Å²) in [5, 5.41) is 13.7. The van der Waals surface area contributed by atoms with Gasteiger partial charge in [0, 0.05) is 10.9 Å². The van der Waals surface area contributed by atoms with Gasteiger partial charge in [0.05, 0.1) is 12.8 Å². The fourth-order valence-corrected chi connectivity index (χ4v) is 2.68. The number of aryl methyl sites for hydroxylation is 1. The number of nitrogens with one attached hydrogen (secondary N) is 1. The molecule has 1 aromatic carbocycles. The number of rotatable bonds is 1. The minimum absolute atomic E-state index is 0.762. The summed E-state index contributed by atoms with van der Waals surface area (Å²) in [6.07, 6.45) is 4.03. The van der Waals surface area contributed by atoms with Gasteiger partial charge in [-0.2, -0.15) is 0 Å². The second-order valence-electron chi connectivity index (χ2n) is 4.64. The number of methoxy groups -OCH3 is 1. The number of hydrogen-bond donors (Lipinski definition) is 2. The molecule has 0 radical (unpaired) electrons. The first-order valence-corrected chi connectivity index (χ1v) is 6.23. The standard InChI is InChI=1S/C14H16N2O2/c1-18-9-6-7-12-11(8-9)10-4-2-3-5-13(16-17)14(10)15-12/h6-8,15,17H,2-5H2,1H3/b16-13+. The molecule has 18 heavy (non-hydrogen) atoms. The lowest BCUT2D eigenvalue weighted by atomic mass is 10.1. The van der Waals surface area contributed by atoms with E-state index in [1.54, 1.807) is 7.11 Å². The van der Waals surface area contributed by atoms with Crippen LogP contribution in [0.25, 0.3) is 10.9 Å². The first-order valence-electron chi connectivity index (χ1n) is 6.23. The third-order valence-electron chi connectivity index (χ3n) is 3.61. The zero-order valence-electron chi connectivity index (χ0n) is 10.4. The smallest absolute Gasteiger partial charge is 0.119 e. The van der Waals surface area contributed by atoms with E-state index >= 15 is 0 Å². The van der Waals surface area contributed by atoms with E-state index in [9.17, 15) is 0 Å². The highest BCUT2D eigenvalue weighted by molar-refractivity contribution is 6.05. The van der Waals surface area contributed by atoms with E-state index in [0.717, 1.165) is 48.4 Å². The lowest BCUT2D eigenvalue weighted by Gasteiger charge is -2.01. The predicted molar refractivity (Wildman–Crippen MR) is 70.7 cm³/mol. The normalized spacial score (nSPS) is 17.7. The molecular formula is C14H16N2O2. The van der Waals surface area contributed by atoms with Crippen molar-refractivity contribution < 1.29 is 9.94 Å². The first-order chi connectivity index (χ1) is 8.83. The van der Waals surface area contributed by atoms with E-state index in [0.29, 0.717) is 0 Å². The van der Waals surface area contributed by atoms with Crippen LogP contribution in [0.3, 0.4) is 0 Å². The second kappa shape index (κ2) is 4.37. The van der Waals surface area contributed by atoms with E-state index < -0.39 is 0 Å². The highest BCUT2D eigenvalue weighted by Gasteiger charge is 2.19. The Morgan fingerprint density at radius 3 is 2.89 bits per heavy atom. The van der Waals surface area contributed by atoms with Crippen LogP contribution >= 0.6 is 0 Å². The molecule has 0 atom stereocenters. The summed E-state index contributed by atoms with van der Waals surface area (Å²) in [7, 11) is 1.67.